The van der Waals surface area contributed by atoms with Crippen LogP contribution in [-0.4, -0.2) is 35.6 Å². The van der Waals surface area contributed by atoms with E-state index in [4.69, 9.17) is 14.2 Å². The lowest BCUT2D eigenvalue weighted by atomic mass is 9.94. The van der Waals surface area contributed by atoms with Crippen LogP contribution in [0, 0.1) is 0 Å². The Balaban J connectivity index is 1.67. The standard InChI is InChI=1S/C24H19NO6S/c1-29-17-7-3-2-6-16(17)21-20(22(26)14-8-9-18-19(11-14)31-13-30-18)23(27)24(28)25(21)12-15-5-4-10-32-15/h2-11,21,26H,12-13H2,1H3/b22-20+. The van der Waals surface area contributed by atoms with Crippen LogP contribution < -0.4 is 14.2 Å². The summed E-state index contributed by atoms with van der Waals surface area (Å²) in [6.45, 7) is 0.328. The minimum Gasteiger partial charge on any atom is -0.507 e. The molecule has 2 aliphatic rings. The molecule has 5 rings (SSSR count). The molecular weight excluding hydrogens is 430 g/mol. The van der Waals surface area contributed by atoms with E-state index in [1.165, 1.54) is 23.3 Å². The molecule has 1 aromatic heterocycles. The number of methoxy groups -OCH3 is 1. The second-order valence-electron chi connectivity index (χ2n) is 7.32. The topological polar surface area (TPSA) is 85.3 Å². The number of aliphatic hydroxyl groups is 1. The molecular formula is C24H19NO6S. The fraction of sp³-hybridized carbons (Fsp3) is 0.167. The predicted octanol–water partition coefficient (Wildman–Crippen LogP) is 4.11. The number of rotatable bonds is 5. The normalized spacial score (nSPS) is 18.9. The van der Waals surface area contributed by atoms with Crippen LogP contribution in [0.2, 0.25) is 0 Å². The quantitative estimate of drug-likeness (QED) is 0.359. The molecule has 0 spiro atoms. The van der Waals surface area contributed by atoms with Crippen LogP contribution in [0.1, 0.15) is 22.0 Å². The molecule has 2 aliphatic heterocycles. The van der Waals surface area contributed by atoms with Gasteiger partial charge < -0.3 is 24.2 Å². The fourth-order valence-corrected chi connectivity index (χ4v) is 4.73. The monoisotopic (exact) mass is 449 g/mol. The third-order valence-electron chi connectivity index (χ3n) is 5.53. The molecule has 0 bridgehead atoms. The van der Waals surface area contributed by atoms with Gasteiger partial charge in [0.2, 0.25) is 6.79 Å². The van der Waals surface area contributed by atoms with Crippen molar-refractivity contribution >= 4 is 28.8 Å². The van der Waals surface area contributed by atoms with Crippen molar-refractivity contribution in [1.29, 1.82) is 0 Å². The van der Waals surface area contributed by atoms with E-state index in [0.717, 1.165) is 4.88 Å². The zero-order valence-corrected chi connectivity index (χ0v) is 17.9. The van der Waals surface area contributed by atoms with Gasteiger partial charge in [-0.05, 0) is 35.7 Å². The first-order chi connectivity index (χ1) is 15.6. The van der Waals surface area contributed by atoms with Gasteiger partial charge in [0.1, 0.15) is 11.5 Å². The van der Waals surface area contributed by atoms with Crippen molar-refractivity contribution in [3.05, 3.63) is 81.6 Å². The van der Waals surface area contributed by atoms with Gasteiger partial charge in [0.15, 0.2) is 11.5 Å². The number of Topliss-reactive ketones (excluding diaryl/α,β-unsaturated/α-hetero) is 1. The molecule has 0 saturated carbocycles. The number of amides is 1. The van der Waals surface area contributed by atoms with Gasteiger partial charge in [-0.3, -0.25) is 9.59 Å². The summed E-state index contributed by atoms with van der Waals surface area (Å²) in [5.74, 6) is -0.140. The smallest absolute Gasteiger partial charge is 0.295 e. The zero-order valence-electron chi connectivity index (χ0n) is 17.1. The summed E-state index contributed by atoms with van der Waals surface area (Å²) in [6.07, 6.45) is 0. The van der Waals surface area contributed by atoms with Crippen LogP contribution in [0.15, 0.2) is 65.6 Å². The summed E-state index contributed by atoms with van der Waals surface area (Å²) in [6, 6.07) is 15.1. The maximum atomic E-state index is 13.2. The Hall–Kier alpha value is -3.78. The molecule has 0 radical (unpaired) electrons. The summed E-state index contributed by atoms with van der Waals surface area (Å²) in [5, 5.41) is 13.1. The van der Waals surface area contributed by atoms with Gasteiger partial charge in [0.25, 0.3) is 11.7 Å². The Morgan fingerprint density at radius 2 is 1.94 bits per heavy atom. The lowest BCUT2D eigenvalue weighted by Crippen LogP contribution is -2.29. The summed E-state index contributed by atoms with van der Waals surface area (Å²) in [4.78, 5) is 28.7. The molecule has 2 aromatic carbocycles. The third-order valence-corrected chi connectivity index (χ3v) is 6.39. The van der Waals surface area contributed by atoms with Crippen molar-refractivity contribution in [2.45, 2.75) is 12.6 Å². The predicted molar refractivity (Wildman–Crippen MR) is 118 cm³/mol. The highest BCUT2D eigenvalue weighted by Crippen LogP contribution is 2.44. The Kier molecular flexibility index (Phi) is 5.07. The van der Waals surface area contributed by atoms with E-state index in [1.807, 2.05) is 29.6 Å². The van der Waals surface area contributed by atoms with Crippen LogP contribution in [-0.2, 0) is 16.1 Å². The van der Waals surface area contributed by atoms with Gasteiger partial charge in [0, 0.05) is 16.0 Å². The third kappa shape index (κ3) is 3.29. The zero-order chi connectivity index (χ0) is 22.2. The van der Waals surface area contributed by atoms with Gasteiger partial charge in [-0.15, -0.1) is 11.3 Å². The highest BCUT2D eigenvalue weighted by molar-refractivity contribution is 7.09. The number of hydrogen-bond acceptors (Lipinski definition) is 7. The minimum absolute atomic E-state index is 0.00919. The van der Waals surface area contributed by atoms with Gasteiger partial charge >= 0.3 is 0 Å². The van der Waals surface area contributed by atoms with Crippen LogP contribution >= 0.6 is 11.3 Å². The first-order valence-corrected chi connectivity index (χ1v) is 10.8. The lowest BCUT2D eigenvalue weighted by Gasteiger charge is -2.26. The second-order valence-corrected chi connectivity index (χ2v) is 8.35. The molecule has 162 valence electrons. The van der Waals surface area contributed by atoms with Crippen LogP contribution in [0.25, 0.3) is 5.76 Å². The molecule has 8 heteroatoms. The van der Waals surface area contributed by atoms with Gasteiger partial charge in [-0.2, -0.15) is 0 Å². The summed E-state index contributed by atoms with van der Waals surface area (Å²) < 4.78 is 16.2. The molecule has 32 heavy (non-hydrogen) atoms. The van der Waals surface area contributed by atoms with E-state index in [0.29, 0.717) is 28.4 Å². The van der Waals surface area contributed by atoms with Gasteiger partial charge in [-0.25, -0.2) is 0 Å². The second kappa shape index (κ2) is 8.05. The Morgan fingerprint density at radius 1 is 1.12 bits per heavy atom. The van der Waals surface area contributed by atoms with E-state index in [1.54, 1.807) is 30.3 Å². The van der Waals surface area contributed by atoms with E-state index in [2.05, 4.69) is 0 Å². The minimum atomic E-state index is -0.807. The molecule has 1 N–H and O–H groups in total. The molecule has 7 nitrogen and oxygen atoms in total. The van der Waals surface area contributed by atoms with Crippen molar-refractivity contribution < 1.29 is 28.9 Å². The SMILES string of the molecule is COc1ccccc1C1/C(=C(\O)c2ccc3c(c2)OCO3)C(=O)C(=O)N1Cc1cccs1. The molecule has 3 aromatic rings. The van der Waals surface area contributed by atoms with Crippen molar-refractivity contribution in [3.8, 4) is 17.2 Å². The average Bonchev–Trinajstić information content (AvgIpc) is 3.55. The molecule has 1 amide bonds. The van der Waals surface area contributed by atoms with Crippen molar-refractivity contribution in [2.24, 2.45) is 0 Å². The Labute approximate surface area is 188 Å². The highest BCUT2D eigenvalue weighted by atomic mass is 32.1. The molecule has 1 unspecified atom stereocenters. The molecule has 0 aliphatic carbocycles. The fourth-order valence-electron chi connectivity index (χ4n) is 4.03. The number of hydrogen-bond donors (Lipinski definition) is 1. The molecule has 1 fully saturated rings. The summed E-state index contributed by atoms with van der Waals surface area (Å²) >= 11 is 1.49. The maximum Gasteiger partial charge on any atom is 0.295 e. The first kappa shape index (κ1) is 20.1. The first-order valence-electron chi connectivity index (χ1n) is 9.92. The maximum absolute atomic E-state index is 13.2. The Bertz CT molecular complexity index is 1230. The number of likely N-dealkylation sites (tertiary alicyclic amines) is 1. The number of benzene rings is 2. The number of aliphatic hydroxyl groups excluding tert-OH is 1. The molecule has 1 saturated heterocycles. The molecule has 1 atom stereocenters. The van der Waals surface area contributed by atoms with E-state index in [9.17, 15) is 14.7 Å². The van der Waals surface area contributed by atoms with Crippen molar-refractivity contribution in [2.75, 3.05) is 13.9 Å². The number of fused-ring (bicyclic) bond motifs is 1. The number of ketones is 1. The van der Waals surface area contributed by atoms with Crippen LogP contribution in [0.4, 0.5) is 0 Å². The summed E-state index contributed by atoms with van der Waals surface area (Å²) in [7, 11) is 1.53. The van der Waals surface area contributed by atoms with Gasteiger partial charge in [0.05, 0.1) is 25.3 Å². The van der Waals surface area contributed by atoms with Crippen molar-refractivity contribution in [1.82, 2.24) is 4.90 Å². The number of carbonyl (C=O) groups is 2. The number of ether oxygens (including phenoxy) is 3. The lowest BCUT2D eigenvalue weighted by molar-refractivity contribution is -0.140. The summed E-state index contributed by atoms with van der Waals surface area (Å²) in [5.41, 5.74) is 0.992. The number of para-hydroxylation sites is 1. The van der Waals surface area contributed by atoms with E-state index >= 15 is 0 Å². The number of thiophene rings is 1. The number of carbonyl (C=O) groups excluding carboxylic acids is 2. The largest absolute Gasteiger partial charge is 0.507 e. The van der Waals surface area contributed by atoms with Gasteiger partial charge in [-0.1, -0.05) is 24.3 Å². The van der Waals surface area contributed by atoms with Crippen LogP contribution in [0.5, 0.6) is 17.2 Å². The highest BCUT2D eigenvalue weighted by Gasteiger charge is 2.47. The van der Waals surface area contributed by atoms with E-state index in [-0.39, 0.29) is 24.7 Å². The van der Waals surface area contributed by atoms with Crippen LogP contribution in [0.3, 0.4) is 0 Å². The van der Waals surface area contributed by atoms with Crippen molar-refractivity contribution in [3.63, 3.8) is 0 Å². The molecule has 3 heterocycles. The number of nitrogens with zero attached hydrogens (tertiary/aromatic N) is 1. The Morgan fingerprint density at radius 3 is 2.72 bits per heavy atom. The average molecular weight is 449 g/mol. The van der Waals surface area contributed by atoms with E-state index < -0.39 is 17.7 Å².